The second-order valence-corrected chi connectivity index (χ2v) is 5.25. The van der Waals surface area contributed by atoms with E-state index in [4.69, 9.17) is 19.5 Å². The molecule has 1 heterocycles. The third-order valence-electron chi connectivity index (χ3n) is 3.57. The predicted octanol–water partition coefficient (Wildman–Crippen LogP) is 3.58. The van der Waals surface area contributed by atoms with Gasteiger partial charge in [0, 0.05) is 11.6 Å². The Kier molecular flexibility index (Phi) is 5.81. The fraction of sp³-hybridized carbons (Fsp3) is 0.200. The van der Waals surface area contributed by atoms with E-state index in [2.05, 4.69) is 11.1 Å². The fourth-order valence-corrected chi connectivity index (χ4v) is 2.40. The third-order valence-corrected chi connectivity index (χ3v) is 3.57. The second kappa shape index (κ2) is 8.67. The van der Waals surface area contributed by atoms with Crippen LogP contribution in [0.25, 0.3) is 10.9 Å². The van der Waals surface area contributed by atoms with Crippen LogP contribution in [-0.2, 0) is 4.74 Å². The summed E-state index contributed by atoms with van der Waals surface area (Å²) in [5, 5.41) is 10.0. The number of nitrogens with zero attached hydrogens (tertiary/aromatic N) is 2. The van der Waals surface area contributed by atoms with E-state index in [1.807, 2.05) is 36.4 Å². The highest BCUT2D eigenvalue weighted by atomic mass is 16.5. The minimum absolute atomic E-state index is 0.383. The summed E-state index contributed by atoms with van der Waals surface area (Å²) in [5.41, 5.74) is 1.37. The monoisotopic (exact) mass is 334 g/mol. The van der Waals surface area contributed by atoms with Crippen molar-refractivity contribution >= 4 is 10.9 Å². The number of ether oxygens (including phenoxy) is 3. The van der Waals surface area contributed by atoms with Crippen molar-refractivity contribution in [1.82, 2.24) is 4.98 Å². The molecular weight excluding hydrogens is 316 g/mol. The average molecular weight is 334 g/mol. The number of hydrogen-bond acceptors (Lipinski definition) is 5. The highest BCUT2D eigenvalue weighted by molar-refractivity contribution is 5.84. The summed E-state index contributed by atoms with van der Waals surface area (Å²) in [4.78, 5) is 4.35. The van der Waals surface area contributed by atoms with Gasteiger partial charge in [-0.1, -0.05) is 30.3 Å². The molecule has 2 aromatic carbocycles. The molecule has 0 aliphatic rings. The van der Waals surface area contributed by atoms with Gasteiger partial charge in [-0.15, -0.1) is 0 Å². The molecule has 0 atom stereocenters. The maximum atomic E-state index is 8.99. The van der Waals surface area contributed by atoms with Crippen LogP contribution in [0.15, 0.2) is 60.8 Å². The van der Waals surface area contributed by atoms with Gasteiger partial charge < -0.3 is 14.2 Å². The lowest BCUT2D eigenvalue weighted by atomic mass is 10.2. The summed E-state index contributed by atoms with van der Waals surface area (Å²) in [6, 6.07) is 19.0. The standard InChI is InChI=1S/C20H18N2O3/c21-15-17-5-1-2-8-18(17)24-13-11-23-12-14-25-19-9-3-6-16-7-4-10-22-20(16)19/h1-10H,11-14H2. The summed E-state index contributed by atoms with van der Waals surface area (Å²) in [5.74, 6) is 1.33. The molecule has 0 aliphatic heterocycles. The predicted molar refractivity (Wildman–Crippen MR) is 94.7 cm³/mol. The topological polar surface area (TPSA) is 64.4 Å². The molecule has 5 nitrogen and oxygen atoms in total. The van der Waals surface area contributed by atoms with Crippen molar-refractivity contribution in [2.24, 2.45) is 0 Å². The molecule has 25 heavy (non-hydrogen) atoms. The molecule has 1 aromatic heterocycles. The lowest BCUT2D eigenvalue weighted by molar-refractivity contribution is 0.0767. The van der Waals surface area contributed by atoms with Crippen molar-refractivity contribution in [2.45, 2.75) is 0 Å². The Morgan fingerprint density at radius 2 is 1.52 bits per heavy atom. The van der Waals surface area contributed by atoms with Gasteiger partial charge in [0.05, 0.1) is 18.8 Å². The molecule has 0 aliphatic carbocycles. The van der Waals surface area contributed by atoms with Gasteiger partial charge in [-0.2, -0.15) is 5.26 Å². The van der Waals surface area contributed by atoms with Gasteiger partial charge in [0.25, 0.3) is 0 Å². The van der Waals surface area contributed by atoms with E-state index in [0.29, 0.717) is 37.7 Å². The van der Waals surface area contributed by atoms with E-state index in [1.165, 1.54) is 0 Å². The zero-order chi connectivity index (χ0) is 17.3. The number of benzene rings is 2. The molecular formula is C20H18N2O3. The molecule has 0 radical (unpaired) electrons. The summed E-state index contributed by atoms with van der Waals surface area (Å²) in [7, 11) is 0. The molecule has 0 fully saturated rings. The van der Waals surface area contributed by atoms with Crippen LogP contribution in [0.5, 0.6) is 11.5 Å². The van der Waals surface area contributed by atoms with E-state index in [1.54, 1.807) is 24.4 Å². The molecule has 3 rings (SSSR count). The van der Waals surface area contributed by atoms with Crippen LogP contribution >= 0.6 is 0 Å². The molecule has 0 amide bonds. The number of pyridine rings is 1. The molecule has 0 saturated carbocycles. The summed E-state index contributed by atoms with van der Waals surface area (Å²) < 4.78 is 16.8. The summed E-state index contributed by atoms with van der Waals surface area (Å²) >= 11 is 0. The van der Waals surface area contributed by atoms with E-state index < -0.39 is 0 Å². The number of rotatable bonds is 8. The van der Waals surface area contributed by atoms with E-state index in [0.717, 1.165) is 16.7 Å². The number of aromatic nitrogens is 1. The Morgan fingerprint density at radius 3 is 2.36 bits per heavy atom. The van der Waals surface area contributed by atoms with Gasteiger partial charge in [0.1, 0.15) is 36.3 Å². The lowest BCUT2D eigenvalue weighted by Crippen LogP contribution is -2.12. The first-order chi connectivity index (χ1) is 12.4. The highest BCUT2D eigenvalue weighted by Gasteiger charge is 2.03. The van der Waals surface area contributed by atoms with Crippen molar-refractivity contribution in [2.75, 3.05) is 26.4 Å². The first-order valence-corrected chi connectivity index (χ1v) is 8.05. The molecule has 0 spiro atoms. The van der Waals surface area contributed by atoms with Gasteiger partial charge in [-0.3, -0.25) is 4.98 Å². The van der Waals surface area contributed by atoms with Crippen LogP contribution in [0.4, 0.5) is 0 Å². The van der Waals surface area contributed by atoms with Gasteiger partial charge in [-0.25, -0.2) is 0 Å². The number of nitriles is 1. The van der Waals surface area contributed by atoms with Gasteiger partial charge in [0.2, 0.25) is 0 Å². The van der Waals surface area contributed by atoms with Crippen LogP contribution in [0, 0.1) is 11.3 Å². The van der Waals surface area contributed by atoms with Crippen LogP contribution in [0.1, 0.15) is 5.56 Å². The quantitative estimate of drug-likeness (QED) is 0.589. The number of hydrogen-bond donors (Lipinski definition) is 0. The molecule has 0 bridgehead atoms. The Morgan fingerprint density at radius 1 is 0.800 bits per heavy atom. The highest BCUT2D eigenvalue weighted by Crippen LogP contribution is 2.22. The van der Waals surface area contributed by atoms with Gasteiger partial charge >= 0.3 is 0 Å². The Balaban J connectivity index is 1.38. The van der Waals surface area contributed by atoms with Crippen LogP contribution in [-0.4, -0.2) is 31.4 Å². The Labute approximate surface area is 146 Å². The maximum absolute atomic E-state index is 8.99. The maximum Gasteiger partial charge on any atom is 0.145 e. The van der Waals surface area contributed by atoms with Crippen LogP contribution in [0.3, 0.4) is 0 Å². The minimum Gasteiger partial charge on any atom is -0.490 e. The van der Waals surface area contributed by atoms with E-state index >= 15 is 0 Å². The zero-order valence-electron chi connectivity index (χ0n) is 13.7. The Bertz CT molecular complexity index is 869. The lowest BCUT2D eigenvalue weighted by Gasteiger charge is -2.10. The van der Waals surface area contributed by atoms with Gasteiger partial charge in [-0.05, 0) is 24.3 Å². The zero-order valence-corrected chi connectivity index (χ0v) is 13.7. The van der Waals surface area contributed by atoms with E-state index in [9.17, 15) is 0 Å². The first kappa shape index (κ1) is 16.7. The molecule has 0 unspecified atom stereocenters. The number of fused-ring (bicyclic) bond motifs is 1. The van der Waals surface area contributed by atoms with Crippen LogP contribution < -0.4 is 9.47 Å². The SMILES string of the molecule is N#Cc1ccccc1OCCOCCOc1cccc2cccnc12. The smallest absolute Gasteiger partial charge is 0.145 e. The largest absolute Gasteiger partial charge is 0.490 e. The van der Waals surface area contributed by atoms with Crippen molar-refractivity contribution in [1.29, 1.82) is 5.26 Å². The molecule has 0 saturated heterocycles. The van der Waals surface area contributed by atoms with Crippen molar-refractivity contribution in [3.8, 4) is 17.6 Å². The second-order valence-electron chi connectivity index (χ2n) is 5.25. The molecule has 3 aromatic rings. The molecule has 5 heteroatoms. The molecule has 0 N–H and O–H groups in total. The fourth-order valence-electron chi connectivity index (χ4n) is 2.40. The Hall–Kier alpha value is -3.10. The third kappa shape index (κ3) is 4.46. The minimum atomic E-state index is 0.383. The number of para-hydroxylation sites is 2. The normalized spacial score (nSPS) is 10.4. The first-order valence-electron chi connectivity index (χ1n) is 8.05. The van der Waals surface area contributed by atoms with Crippen molar-refractivity contribution in [3.05, 3.63) is 66.4 Å². The van der Waals surface area contributed by atoms with E-state index in [-0.39, 0.29) is 0 Å². The van der Waals surface area contributed by atoms with Crippen LogP contribution in [0.2, 0.25) is 0 Å². The van der Waals surface area contributed by atoms with Gasteiger partial charge in [0.15, 0.2) is 0 Å². The molecule has 126 valence electrons. The van der Waals surface area contributed by atoms with Crippen molar-refractivity contribution in [3.63, 3.8) is 0 Å². The summed E-state index contributed by atoms with van der Waals surface area (Å²) in [6.45, 7) is 1.70. The summed E-state index contributed by atoms with van der Waals surface area (Å²) in [6.07, 6.45) is 1.75. The average Bonchev–Trinajstić information content (AvgIpc) is 2.67. The van der Waals surface area contributed by atoms with Crippen molar-refractivity contribution < 1.29 is 14.2 Å².